The highest BCUT2D eigenvalue weighted by molar-refractivity contribution is 14.1. The normalized spacial score (nSPS) is 10.8. The summed E-state index contributed by atoms with van der Waals surface area (Å²) in [7, 11) is 0. The fourth-order valence-electron chi connectivity index (χ4n) is 0.689. The molecule has 0 unspecified atom stereocenters. The molecule has 0 saturated carbocycles. The number of halogens is 4. The fourth-order valence-corrected chi connectivity index (χ4v) is 1.22. The molecule has 0 spiro atoms. The Labute approximate surface area is 78.9 Å². The van der Waals surface area contributed by atoms with Gasteiger partial charge in [0.15, 0.2) is 0 Å². The lowest BCUT2D eigenvalue weighted by Gasteiger charge is -2.01. The number of aromatic nitrogens is 1. The van der Waals surface area contributed by atoms with E-state index in [0.717, 1.165) is 0 Å². The number of hydrogen-bond donors (Lipinski definition) is 1. The Morgan fingerprint density at radius 3 is 2.58 bits per heavy atom. The minimum absolute atomic E-state index is 0.248. The molecule has 1 aromatic heterocycles. The Morgan fingerprint density at radius 2 is 2.08 bits per heavy atom. The van der Waals surface area contributed by atoms with Gasteiger partial charge in [-0.1, -0.05) is 0 Å². The van der Waals surface area contributed by atoms with E-state index >= 15 is 0 Å². The van der Waals surface area contributed by atoms with E-state index in [9.17, 15) is 18.0 Å². The second kappa shape index (κ2) is 3.46. The SMILES string of the molecule is O=c1cc(C(F)F)c(I)c(F)[nH]1. The maximum Gasteiger partial charge on any atom is 0.265 e. The summed E-state index contributed by atoms with van der Waals surface area (Å²) in [5.74, 6) is -1.02. The summed E-state index contributed by atoms with van der Waals surface area (Å²) in [4.78, 5) is 12.3. The van der Waals surface area contributed by atoms with Crippen molar-refractivity contribution in [2.24, 2.45) is 0 Å². The minimum Gasteiger partial charge on any atom is -0.298 e. The van der Waals surface area contributed by atoms with Crippen molar-refractivity contribution in [3.05, 3.63) is 31.5 Å². The van der Waals surface area contributed by atoms with E-state index in [1.807, 2.05) is 0 Å². The molecule has 0 aromatic carbocycles. The third kappa shape index (κ3) is 1.79. The van der Waals surface area contributed by atoms with Gasteiger partial charge in [-0.05, 0) is 22.6 Å². The highest BCUT2D eigenvalue weighted by atomic mass is 127. The predicted octanol–water partition coefficient (Wildman–Crippen LogP) is 2.06. The van der Waals surface area contributed by atoms with Gasteiger partial charge in [0.25, 0.3) is 12.0 Å². The summed E-state index contributed by atoms with van der Waals surface area (Å²) in [5, 5.41) is 0. The quantitative estimate of drug-likeness (QED) is 0.623. The zero-order valence-corrected chi connectivity index (χ0v) is 7.73. The average Bonchev–Trinajstić information content (AvgIpc) is 1.96. The van der Waals surface area contributed by atoms with Crippen LogP contribution in [0.2, 0.25) is 0 Å². The lowest BCUT2D eigenvalue weighted by Crippen LogP contribution is -2.11. The topological polar surface area (TPSA) is 32.9 Å². The Morgan fingerprint density at radius 1 is 1.50 bits per heavy atom. The van der Waals surface area contributed by atoms with Crippen LogP contribution in [0, 0.1) is 9.52 Å². The molecular weight excluding hydrogens is 286 g/mol. The molecule has 6 heteroatoms. The molecule has 1 aromatic rings. The van der Waals surface area contributed by atoms with Crippen LogP contribution in [0.1, 0.15) is 12.0 Å². The molecule has 0 atom stereocenters. The molecule has 2 nitrogen and oxygen atoms in total. The van der Waals surface area contributed by atoms with Gasteiger partial charge in [0.05, 0.1) is 3.57 Å². The first kappa shape index (κ1) is 9.56. The van der Waals surface area contributed by atoms with Gasteiger partial charge in [-0.3, -0.25) is 9.78 Å². The number of nitrogens with one attached hydrogen (secondary N) is 1. The van der Waals surface area contributed by atoms with Crippen molar-refractivity contribution in [2.45, 2.75) is 6.43 Å². The largest absolute Gasteiger partial charge is 0.298 e. The Kier molecular flexibility index (Phi) is 2.76. The molecule has 1 N–H and O–H groups in total. The molecular formula is C6H3F3INO. The number of aromatic amines is 1. The van der Waals surface area contributed by atoms with Gasteiger partial charge in [-0.2, -0.15) is 4.39 Å². The van der Waals surface area contributed by atoms with Gasteiger partial charge in [0, 0.05) is 11.6 Å². The minimum atomic E-state index is -2.83. The second-order valence-corrected chi connectivity index (χ2v) is 3.10. The first-order valence-corrected chi connectivity index (χ1v) is 3.96. The van der Waals surface area contributed by atoms with E-state index in [-0.39, 0.29) is 3.57 Å². The molecule has 12 heavy (non-hydrogen) atoms. The maximum absolute atomic E-state index is 12.6. The summed E-state index contributed by atoms with van der Waals surface area (Å²) in [6, 6.07) is 0.690. The molecule has 0 aliphatic rings. The third-order valence-electron chi connectivity index (χ3n) is 1.20. The van der Waals surface area contributed by atoms with E-state index in [1.54, 1.807) is 4.98 Å². The molecule has 1 heterocycles. The van der Waals surface area contributed by atoms with Crippen LogP contribution < -0.4 is 5.56 Å². The van der Waals surface area contributed by atoms with Crippen molar-refractivity contribution in [2.75, 3.05) is 0 Å². The van der Waals surface area contributed by atoms with E-state index < -0.39 is 23.5 Å². The lowest BCUT2D eigenvalue weighted by molar-refractivity contribution is 0.149. The zero-order chi connectivity index (χ0) is 9.30. The van der Waals surface area contributed by atoms with Gasteiger partial charge in [0.1, 0.15) is 0 Å². The highest BCUT2D eigenvalue weighted by Gasteiger charge is 2.15. The van der Waals surface area contributed by atoms with Crippen LogP contribution >= 0.6 is 22.6 Å². The molecule has 0 amide bonds. The number of H-pyrrole nitrogens is 1. The maximum atomic E-state index is 12.6. The Bertz CT molecular complexity index is 349. The summed E-state index contributed by atoms with van der Waals surface area (Å²) < 4.78 is 36.5. The van der Waals surface area contributed by atoms with Gasteiger partial charge >= 0.3 is 0 Å². The van der Waals surface area contributed by atoms with Crippen LogP contribution in [0.3, 0.4) is 0 Å². The molecule has 0 aliphatic carbocycles. The molecule has 0 saturated heterocycles. The van der Waals surface area contributed by atoms with E-state index in [1.165, 1.54) is 22.6 Å². The van der Waals surface area contributed by atoms with Crippen molar-refractivity contribution in [3.63, 3.8) is 0 Å². The first-order valence-electron chi connectivity index (χ1n) is 2.88. The molecule has 0 radical (unpaired) electrons. The van der Waals surface area contributed by atoms with Crippen LogP contribution in [0.5, 0.6) is 0 Å². The summed E-state index contributed by atoms with van der Waals surface area (Å²) in [6.07, 6.45) is -2.83. The van der Waals surface area contributed by atoms with Gasteiger partial charge in [-0.25, -0.2) is 8.78 Å². The van der Waals surface area contributed by atoms with Crippen molar-refractivity contribution < 1.29 is 13.2 Å². The molecule has 0 aliphatic heterocycles. The smallest absolute Gasteiger partial charge is 0.265 e. The summed E-state index contributed by atoms with van der Waals surface area (Å²) in [5.41, 5.74) is -1.43. The number of rotatable bonds is 1. The van der Waals surface area contributed by atoms with Crippen LogP contribution in [0.15, 0.2) is 10.9 Å². The molecule has 0 bridgehead atoms. The van der Waals surface area contributed by atoms with Gasteiger partial charge in [0.2, 0.25) is 5.95 Å². The summed E-state index contributed by atoms with van der Waals surface area (Å²) >= 11 is 1.41. The van der Waals surface area contributed by atoms with E-state index in [0.29, 0.717) is 6.07 Å². The summed E-state index contributed by atoms with van der Waals surface area (Å²) in [6.45, 7) is 0. The zero-order valence-electron chi connectivity index (χ0n) is 5.57. The highest BCUT2D eigenvalue weighted by Crippen LogP contribution is 2.23. The van der Waals surface area contributed by atoms with Crippen molar-refractivity contribution in [1.29, 1.82) is 0 Å². The van der Waals surface area contributed by atoms with Crippen molar-refractivity contribution in [3.8, 4) is 0 Å². The Hall–Kier alpha value is -0.530. The van der Waals surface area contributed by atoms with Gasteiger partial charge < -0.3 is 0 Å². The standard InChI is InChI=1S/C6H3F3INO/c7-5(8)2-1-3(12)11-6(9)4(2)10/h1,5H,(H,11,12). The predicted molar refractivity (Wildman–Crippen MR) is 44.7 cm³/mol. The second-order valence-electron chi connectivity index (χ2n) is 2.02. The van der Waals surface area contributed by atoms with E-state index in [2.05, 4.69) is 0 Å². The number of pyridine rings is 1. The average molecular weight is 289 g/mol. The van der Waals surface area contributed by atoms with Crippen LogP contribution in [-0.4, -0.2) is 4.98 Å². The van der Waals surface area contributed by atoms with E-state index in [4.69, 9.17) is 0 Å². The van der Waals surface area contributed by atoms with Crippen LogP contribution in [0.4, 0.5) is 13.2 Å². The molecule has 66 valence electrons. The fraction of sp³-hybridized carbons (Fsp3) is 0.167. The van der Waals surface area contributed by atoms with Crippen molar-refractivity contribution in [1.82, 2.24) is 4.98 Å². The van der Waals surface area contributed by atoms with Gasteiger partial charge in [-0.15, -0.1) is 0 Å². The lowest BCUT2D eigenvalue weighted by atomic mass is 10.3. The first-order chi connectivity index (χ1) is 5.52. The van der Waals surface area contributed by atoms with Crippen molar-refractivity contribution >= 4 is 22.6 Å². The van der Waals surface area contributed by atoms with Crippen LogP contribution in [-0.2, 0) is 0 Å². The molecule has 1 rings (SSSR count). The van der Waals surface area contributed by atoms with Crippen LogP contribution in [0.25, 0.3) is 0 Å². The monoisotopic (exact) mass is 289 g/mol. The Balaban J connectivity index is 3.38. The third-order valence-corrected chi connectivity index (χ3v) is 2.30. The molecule has 0 fully saturated rings. The number of alkyl halides is 2. The number of hydrogen-bond acceptors (Lipinski definition) is 1.